The maximum absolute atomic E-state index is 15.4. The summed E-state index contributed by atoms with van der Waals surface area (Å²) in [4.78, 5) is 9.89. The molecule has 3 aliphatic carbocycles. The molecule has 230 valence electrons. The zero-order chi connectivity index (χ0) is 32.1. The fraction of sp³-hybridized carbons (Fsp3) is 0.0909. The normalized spacial score (nSPS) is 19.5. The number of allylic oxidation sites excluding steroid dienone is 10. The molecule has 0 aliphatic heterocycles. The number of hydrogen-bond acceptors (Lipinski definition) is 3. The van der Waals surface area contributed by atoms with Crippen molar-refractivity contribution in [1.29, 1.82) is 0 Å². The van der Waals surface area contributed by atoms with E-state index in [-0.39, 0.29) is 5.92 Å². The van der Waals surface area contributed by atoms with Crippen molar-refractivity contribution in [3.63, 3.8) is 0 Å². The van der Waals surface area contributed by atoms with E-state index < -0.39 is 7.14 Å². The second-order valence-corrected chi connectivity index (χ2v) is 15.4. The largest absolute Gasteiger partial charge is 0.305 e. The highest BCUT2D eigenvalue weighted by Crippen LogP contribution is 2.46. The first kappa shape index (κ1) is 28.8. The van der Waals surface area contributed by atoms with E-state index in [2.05, 4.69) is 109 Å². The smallest absolute Gasteiger partial charge is 0.205 e. The van der Waals surface area contributed by atoms with E-state index in [1.165, 1.54) is 38.3 Å². The van der Waals surface area contributed by atoms with E-state index >= 15 is 4.57 Å². The van der Waals surface area contributed by atoms with Gasteiger partial charge in [-0.15, -0.1) is 0 Å². The third-order valence-electron chi connectivity index (χ3n) is 10.1. The van der Waals surface area contributed by atoms with E-state index in [1.807, 2.05) is 54.9 Å². The summed E-state index contributed by atoms with van der Waals surface area (Å²) in [7, 11) is -3.37. The van der Waals surface area contributed by atoms with E-state index in [4.69, 9.17) is 9.97 Å². The van der Waals surface area contributed by atoms with E-state index in [0.29, 0.717) is 16.8 Å². The van der Waals surface area contributed by atoms with Gasteiger partial charge in [-0.25, -0.2) is 0 Å². The quantitative estimate of drug-likeness (QED) is 0.140. The topological polar surface area (TPSA) is 42.9 Å². The van der Waals surface area contributed by atoms with Crippen LogP contribution in [0, 0.1) is 11.8 Å². The van der Waals surface area contributed by atoms with Crippen LogP contribution in [0.2, 0.25) is 0 Å². The molecular formula is C44H33N2OP. The second kappa shape index (κ2) is 11.7. The van der Waals surface area contributed by atoms with Crippen molar-refractivity contribution < 1.29 is 4.57 Å². The van der Waals surface area contributed by atoms with Gasteiger partial charge in [0.2, 0.25) is 7.14 Å². The lowest BCUT2D eigenvalue weighted by Crippen LogP contribution is -2.29. The molecule has 0 saturated carbocycles. The van der Waals surface area contributed by atoms with Crippen LogP contribution in [0.5, 0.6) is 0 Å². The lowest BCUT2D eigenvalue weighted by atomic mass is 9.69. The predicted octanol–water partition coefficient (Wildman–Crippen LogP) is 9.49. The summed E-state index contributed by atoms with van der Waals surface area (Å²) >= 11 is 0. The third-order valence-corrected chi connectivity index (χ3v) is 12.9. The number of pyridine rings is 2. The first-order valence-corrected chi connectivity index (χ1v) is 18.4. The zero-order valence-electron chi connectivity index (χ0n) is 26.4. The minimum absolute atomic E-state index is 0.255. The Bertz CT molecular complexity index is 2420. The summed E-state index contributed by atoms with van der Waals surface area (Å²) < 4.78 is 15.4. The molecule has 0 radical (unpaired) electrons. The van der Waals surface area contributed by atoms with Gasteiger partial charge in [-0.1, -0.05) is 134 Å². The summed E-state index contributed by atoms with van der Waals surface area (Å²) in [6.45, 7) is 0. The lowest BCUT2D eigenvalue weighted by molar-refractivity contribution is 0.591. The molecule has 9 rings (SSSR count). The first-order valence-electron chi connectivity index (χ1n) is 16.6. The number of hydrogen-bond donors (Lipinski definition) is 0. The Morgan fingerprint density at radius 2 is 1.31 bits per heavy atom. The Morgan fingerprint density at radius 3 is 2.06 bits per heavy atom. The van der Waals surface area contributed by atoms with Gasteiger partial charge in [0.05, 0.1) is 0 Å². The Morgan fingerprint density at radius 1 is 0.646 bits per heavy atom. The molecule has 0 fully saturated rings. The van der Waals surface area contributed by atoms with Gasteiger partial charge < -0.3 is 4.57 Å². The molecule has 0 saturated heterocycles. The van der Waals surface area contributed by atoms with Crippen molar-refractivity contribution in [3.05, 3.63) is 181 Å². The van der Waals surface area contributed by atoms with Crippen LogP contribution >= 0.6 is 7.14 Å². The fourth-order valence-corrected chi connectivity index (χ4v) is 10.1. The molecule has 0 N–H and O–H groups in total. The summed E-state index contributed by atoms with van der Waals surface area (Å²) in [6, 6.07) is 37.0. The van der Waals surface area contributed by atoms with Crippen molar-refractivity contribution >= 4 is 50.4 Å². The number of aromatic nitrogens is 2. The number of nitrogens with zero attached hydrogens (tertiary/aromatic N) is 2. The Balaban J connectivity index is 1.13. The summed E-state index contributed by atoms with van der Waals surface area (Å²) in [5.41, 5.74) is 8.36. The minimum Gasteiger partial charge on any atom is -0.305 e. The van der Waals surface area contributed by atoms with E-state index in [0.717, 1.165) is 34.8 Å². The molecule has 2 aromatic heterocycles. The predicted molar refractivity (Wildman–Crippen MR) is 201 cm³/mol. The van der Waals surface area contributed by atoms with Crippen molar-refractivity contribution in [2.24, 2.45) is 11.8 Å². The lowest BCUT2D eigenvalue weighted by Gasteiger charge is -2.34. The molecular weight excluding hydrogens is 603 g/mol. The first-order chi connectivity index (χ1) is 23.7. The molecule has 4 heteroatoms. The molecule has 2 heterocycles. The minimum atomic E-state index is -3.37. The molecule has 0 spiro atoms. The highest BCUT2D eigenvalue weighted by molar-refractivity contribution is 7.84. The van der Waals surface area contributed by atoms with E-state index in [9.17, 15) is 0 Å². The molecule has 3 unspecified atom stereocenters. The summed E-state index contributed by atoms with van der Waals surface area (Å²) in [6.07, 6.45) is 21.8. The highest BCUT2D eigenvalue weighted by Gasteiger charge is 2.35. The highest BCUT2D eigenvalue weighted by atomic mass is 31.2. The van der Waals surface area contributed by atoms with Crippen molar-refractivity contribution in [1.82, 2.24) is 9.97 Å². The van der Waals surface area contributed by atoms with Crippen molar-refractivity contribution in [3.8, 4) is 11.1 Å². The second-order valence-electron chi connectivity index (χ2n) is 12.8. The van der Waals surface area contributed by atoms with Gasteiger partial charge >= 0.3 is 0 Å². The van der Waals surface area contributed by atoms with E-state index in [1.54, 1.807) is 0 Å². The van der Waals surface area contributed by atoms with Crippen molar-refractivity contribution in [2.75, 3.05) is 0 Å². The number of fused-ring (bicyclic) bond motifs is 5. The Labute approximate surface area is 280 Å². The van der Waals surface area contributed by atoms with Crippen LogP contribution in [0.4, 0.5) is 0 Å². The van der Waals surface area contributed by atoms with Crippen LogP contribution in [0.15, 0.2) is 175 Å². The van der Waals surface area contributed by atoms with Crippen LogP contribution in [0.3, 0.4) is 0 Å². The fourth-order valence-electron chi connectivity index (χ4n) is 7.73. The van der Waals surface area contributed by atoms with Crippen LogP contribution in [-0.4, -0.2) is 9.97 Å². The van der Waals surface area contributed by atoms with Gasteiger partial charge in [-0.05, 0) is 80.4 Å². The standard InChI is InChI=1S/C44H33N2OP/c47-48(34-14-2-1-3-15-34,43-24-22-32(28-45-43)41-26-30-12-4-6-16-35(30)37-18-8-10-20-39(37)41)44-25-23-33(29-46-44)42-27-31-13-5-7-17-36(31)38-19-9-11-21-40(38)42/h1-4,6-12,14-29,38,40H,5,13H2. The zero-order valence-corrected chi connectivity index (χ0v) is 27.3. The van der Waals surface area contributed by atoms with Gasteiger partial charge in [-0.3, -0.25) is 9.97 Å². The molecule has 4 aromatic carbocycles. The monoisotopic (exact) mass is 636 g/mol. The Hall–Kier alpha value is -5.37. The molecule has 3 nitrogen and oxygen atoms in total. The third kappa shape index (κ3) is 4.69. The van der Waals surface area contributed by atoms with Crippen LogP contribution in [0.25, 0.3) is 38.2 Å². The maximum atomic E-state index is 15.4. The molecule has 0 amide bonds. The number of benzene rings is 4. The molecule has 3 aliphatic rings. The van der Waals surface area contributed by atoms with Crippen LogP contribution in [-0.2, 0) is 4.57 Å². The number of rotatable bonds is 5. The van der Waals surface area contributed by atoms with Crippen LogP contribution < -0.4 is 16.2 Å². The maximum Gasteiger partial charge on any atom is 0.205 e. The van der Waals surface area contributed by atoms with Gasteiger partial charge in [-0.2, -0.15) is 0 Å². The molecule has 3 atom stereocenters. The summed E-state index contributed by atoms with van der Waals surface area (Å²) in [5, 5.41) is 5.51. The summed E-state index contributed by atoms with van der Waals surface area (Å²) in [5.74, 6) is 0.588. The van der Waals surface area contributed by atoms with Crippen LogP contribution in [0.1, 0.15) is 18.4 Å². The molecule has 48 heavy (non-hydrogen) atoms. The average Bonchev–Trinajstić information content (AvgIpc) is 3.17. The molecule has 6 aromatic rings. The SMILES string of the molecule is O=P(c1ccccc1)(c1ccc(C2=CC3=C(C=CCC3)C3C=CC=CC23)cn1)c1ccc(-c2cc3ccccc3c3ccccc23)cn1. The Kier molecular flexibility index (Phi) is 7.03. The van der Waals surface area contributed by atoms with Crippen molar-refractivity contribution in [2.45, 2.75) is 12.8 Å². The molecule has 0 bridgehead atoms. The van der Waals surface area contributed by atoms with Gasteiger partial charge in [0.1, 0.15) is 10.9 Å². The average molecular weight is 637 g/mol. The van der Waals surface area contributed by atoms with Gasteiger partial charge in [0.15, 0.2) is 0 Å². The van der Waals surface area contributed by atoms with Gasteiger partial charge in [0.25, 0.3) is 0 Å². The van der Waals surface area contributed by atoms with Gasteiger partial charge in [0, 0.05) is 35.1 Å².